The summed E-state index contributed by atoms with van der Waals surface area (Å²) >= 11 is 0. The van der Waals surface area contributed by atoms with Gasteiger partial charge in [-0.25, -0.2) is 0 Å². The lowest BCUT2D eigenvalue weighted by molar-refractivity contribution is 0.446. The maximum absolute atomic E-state index is 9.48. The van der Waals surface area contributed by atoms with E-state index >= 15 is 0 Å². The Kier molecular flexibility index (Phi) is 4.33. The number of hydrogen-bond acceptors (Lipinski definition) is 4. The van der Waals surface area contributed by atoms with Crippen LogP contribution < -0.4 is 4.90 Å². The Hall–Kier alpha value is -2.35. The van der Waals surface area contributed by atoms with Crippen molar-refractivity contribution in [2.45, 2.75) is 52.5 Å². The topological polar surface area (TPSA) is 57.7 Å². The average molecular weight is 309 g/mol. The third-order valence-corrected chi connectivity index (χ3v) is 4.51. The van der Waals surface area contributed by atoms with Crippen molar-refractivity contribution in [2.24, 2.45) is 0 Å². The van der Waals surface area contributed by atoms with Crippen LogP contribution in [0, 0.1) is 25.2 Å². The molecule has 1 saturated heterocycles. The largest absolute Gasteiger partial charge is 0.350 e. The Labute approximate surface area is 137 Å². The minimum atomic E-state index is 0.421. The van der Waals surface area contributed by atoms with Gasteiger partial charge in [-0.05, 0) is 62.8 Å². The van der Waals surface area contributed by atoms with Crippen LogP contribution in [0.4, 0.5) is 5.82 Å². The van der Waals surface area contributed by atoms with Gasteiger partial charge in [0, 0.05) is 12.6 Å². The van der Waals surface area contributed by atoms with Crippen LogP contribution in [0.1, 0.15) is 49.4 Å². The van der Waals surface area contributed by atoms with Crippen molar-refractivity contribution < 1.29 is 0 Å². The van der Waals surface area contributed by atoms with Gasteiger partial charge in [0.05, 0.1) is 5.69 Å². The molecular weight excluding hydrogens is 286 g/mol. The molecule has 0 saturated carbocycles. The lowest BCUT2D eigenvalue weighted by Crippen LogP contribution is -2.39. The number of benzene rings is 1. The first-order chi connectivity index (χ1) is 11.1. The molecule has 0 aliphatic carbocycles. The fourth-order valence-electron chi connectivity index (χ4n) is 3.45. The van der Waals surface area contributed by atoms with Crippen LogP contribution in [-0.4, -0.2) is 27.6 Å². The molecular formula is C18H23N5. The maximum atomic E-state index is 9.48. The standard InChI is InChI=1S/C18H23N5/c1-4-15-7-5-6-8-22(15)18-17(12-19)20-23(21-18)16-10-13(2)9-14(3)11-16/h9-11,15H,4-8H2,1-3H3/t15-/m1/s1. The molecule has 2 aromatic rings. The Morgan fingerprint density at radius 2 is 1.91 bits per heavy atom. The molecule has 1 aliphatic heterocycles. The summed E-state index contributed by atoms with van der Waals surface area (Å²) in [5.74, 6) is 0.734. The summed E-state index contributed by atoms with van der Waals surface area (Å²) in [6.45, 7) is 7.27. The number of anilines is 1. The van der Waals surface area contributed by atoms with E-state index in [1.807, 2.05) is 12.1 Å². The van der Waals surface area contributed by atoms with Gasteiger partial charge in [-0.2, -0.15) is 5.26 Å². The summed E-state index contributed by atoms with van der Waals surface area (Å²) in [6, 6.07) is 8.90. The van der Waals surface area contributed by atoms with E-state index in [-0.39, 0.29) is 0 Å². The highest BCUT2D eigenvalue weighted by atomic mass is 15.5. The number of nitrogens with zero attached hydrogens (tertiary/aromatic N) is 5. The monoisotopic (exact) mass is 309 g/mol. The lowest BCUT2D eigenvalue weighted by Gasteiger charge is -2.35. The number of piperidine rings is 1. The maximum Gasteiger partial charge on any atom is 0.207 e. The van der Waals surface area contributed by atoms with Crippen LogP contribution in [0.25, 0.3) is 5.69 Å². The predicted molar refractivity (Wildman–Crippen MR) is 90.8 cm³/mol. The van der Waals surface area contributed by atoms with Crippen LogP contribution in [0.3, 0.4) is 0 Å². The molecule has 5 nitrogen and oxygen atoms in total. The van der Waals surface area contributed by atoms with Crippen LogP contribution in [0.2, 0.25) is 0 Å². The van der Waals surface area contributed by atoms with Crippen molar-refractivity contribution in [3.8, 4) is 11.8 Å². The molecule has 0 radical (unpaired) electrons. The van der Waals surface area contributed by atoms with Gasteiger partial charge >= 0.3 is 0 Å². The molecule has 0 unspecified atom stereocenters. The molecule has 1 aromatic carbocycles. The normalized spacial score (nSPS) is 18.0. The second-order valence-corrected chi connectivity index (χ2v) is 6.37. The second kappa shape index (κ2) is 6.41. The molecule has 1 atom stereocenters. The van der Waals surface area contributed by atoms with Crippen molar-refractivity contribution >= 4 is 5.82 Å². The zero-order valence-corrected chi connectivity index (χ0v) is 14.1. The van der Waals surface area contributed by atoms with Crippen molar-refractivity contribution in [1.29, 1.82) is 5.26 Å². The number of hydrogen-bond donors (Lipinski definition) is 0. The Bertz CT molecular complexity index is 720. The number of aryl methyl sites for hydroxylation is 2. The molecule has 0 N–H and O–H groups in total. The first kappa shape index (κ1) is 15.5. The smallest absolute Gasteiger partial charge is 0.207 e. The van der Waals surface area contributed by atoms with Crippen LogP contribution in [0.15, 0.2) is 18.2 Å². The van der Waals surface area contributed by atoms with E-state index in [4.69, 9.17) is 0 Å². The third kappa shape index (κ3) is 3.07. The van der Waals surface area contributed by atoms with Gasteiger partial charge in [0.15, 0.2) is 5.82 Å². The summed E-state index contributed by atoms with van der Waals surface area (Å²) in [6.07, 6.45) is 4.64. The zero-order valence-electron chi connectivity index (χ0n) is 14.1. The highest BCUT2D eigenvalue weighted by Crippen LogP contribution is 2.27. The quantitative estimate of drug-likeness (QED) is 0.870. The summed E-state index contributed by atoms with van der Waals surface area (Å²) in [7, 11) is 0. The number of aromatic nitrogens is 3. The molecule has 0 amide bonds. The SMILES string of the molecule is CC[C@@H]1CCCCN1c1nn(-c2cc(C)cc(C)c2)nc1C#N. The van der Waals surface area contributed by atoms with Gasteiger partial charge in [-0.1, -0.05) is 13.0 Å². The molecule has 120 valence electrons. The van der Waals surface area contributed by atoms with E-state index in [0.717, 1.165) is 37.3 Å². The number of rotatable bonds is 3. The van der Waals surface area contributed by atoms with Crippen LogP contribution in [0.5, 0.6) is 0 Å². The molecule has 23 heavy (non-hydrogen) atoms. The Morgan fingerprint density at radius 1 is 1.17 bits per heavy atom. The first-order valence-electron chi connectivity index (χ1n) is 8.35. The van der Waals surface area contributed by atoms with E-state index < -0.39 is 0 Å². The minimum Gasteiger partial charge on any atom is -0.350 e. The van der Waals surface area contributed by atoms with E-state index in [9.17, 15) is 5.26 Å². The summed E-state index contributed by atoms with van der Waals surface area (Å²) in [4.78, 5) is 3.88. The molecule has 5 heteroatoms. The van der Waals surface area contributed by atoms with Gasteiger partial charge in [0.1, 0.15) is 6.07 Å². The minimum absolute atomic E-state index is 0.421. The fourth-order valence-corrected chi connectivity index (χ4v) is 3.45. The van der Waals surface area contributed by atoms with E-state index in [0.29, 0.717) is 11.7 Å². The summed E-state index contributed by atoms with van der Waals surface area (Å²) < 4.78 is 0. The fraction of sp³-hybridized carbons (Fsp3) is 0.500. The van der Waals surface area contributed by atoms with Crippen molar-refractivity contribution in [3.05, 3.63) is 35.0 Å². The van der Waals surface area contributed by atoms with Crippen molar-refractivity contribution in [1.82, 2.24) is 15.0 Å². The highest BCUT2D eigenvalue weighted by Gasteiger charge is 2.26. The first-order valence-corrected chi connectivity index (χ1v) is 8.35. The van der Waals surface area contributed by atoms with Gasteiger partial charge in [-0.15, -0.1) is 15.0 Å². The molecule has 1 aromatic heterocycles. The van der Waals surface area contributed by atoms with Gasteiger partial charge in [0.2, 0.25) is 5.69 Å². The van der Waals surface area contributed by atoms with Gasteiger partial charge in [0.25, 0.3) is 0 Å². The number of nitriles is 1. The lowest BCUT2D eigenvalue weighted by atomic mass is 10.00. The molecule has 1 aliphatic rings. The van der Waals surface area contributed by atoms with Crippen LogP contribution in [-0.2, 0) is 0 Å². The van der Waals surface area contributed by atoms with E-state index in [2.05, 4.69) is 48.0 Å². The summed E-state index contributed by atoms with van der Waals surface area (Å²) in [5, 5.41) is 18.6. The van der Waals surface area contributed by atoms with Crippen molar-refractivity contribution in [3.63, 3.8) is 0 Å². The third-order valence-electron chi connectivity index (χ3n) is 4.51. The Balaban J connectivity index is 2.02. The second-order valence-electron chi connectivity index (χ2n) is 6.37. The molecule has 2 heterocycles. The molecule has 0 bridgehead atoms. The van der Waals surface area contributed by atoms with E-state index in [1.165, 1.54) is 17.5 Å². The summed E-state index contributed by atoms with van der Waals surface area (Å²) in [5.41, 5.74) is 3.67. The predicted octanol–water partition coefficient (Wildman–Crippen LogP) is 3.52. The average Bonchev–Trinajstić information content (AvgIpc) is 2.98. The van der Waals surface area contributed by atoms with Crippen LogP contribution >= 0.6 is 0 Å². The van der Waals surface area contributed by atoms with Gasteiger partial charge in [-0.3, -0.25) is 0 Å². The highest BCUT2D eigenvalue weighted by molar-refractivity contribution is 5.51. The molecule has 0 spiro atoms. The zero-order chi connectivity index (χ0) is 16.4. The van der Waals surface area contributed by atoms with Gasteiger partial charge < -0.3 is 4.90 Å². The Morgan fingerprint density at radius 3 is 2.57 bits per heavy atom. The molecule has 3 rings (SSSR count). The van der Waals surface area contributed by atoms with Crippen molar-refractivity contribution in [2.75, 3.05) is 11.4 Å². The molecule has 1 fully saturated rings. The van der Waals surface area contributed by atoms with E-state index in [1.54, 1.807) is 4.80 Å².